The Balaban J connectivity index is 1.16. The topological polar surface area (TPSA) is 90.4 Å². The molecule has 1 amide bonds. The number of anilines is 1. The summed E-state index contributed by atoms with van der Waals surface area (Å²) >= 11 is 0. The summed E-state index contributed by atoms with van der Waals surface area (Å²) in [6.45, 7) is 4.14. The van der Waals surface area contributed by atoms with E-state index in [9.17, 15) is 4.79 Å². The number of fused-ring (bicyclic) bond motifs is 1. The lowest BCUT2D eigenvalue weighted by Gasteiger charge is -2.08. The molecule has 0 unspecified atom stereocenters. The molecule has 3 aromatic carbocycles. The van der Waals surface area contributed by atoms with E-state index >= 15 is 0 Å². The van der Waals surface area contributed by atoms with E-state index in [4.69, 9.17) is 13.7 Å². The van der Waals surface area contributed by atoms with Crippen molar-refractivity contribution in [1.29, 1.82) is 0 Å². The molecule has 170 valence electrons. The molecule has 0 aliphatic rings. The normalized spacial score (nSPS) is 11.0. The summed E-state index contributed by atoms with van der Waals surface area (Å²) in [7, 11) is 0. The van der Waals surface area contributed by atoms with Crippen molar-refractivity contribution in [1.82, 2.24) is 10.1 Å². The second-order valence-electron chi connectivity index (χ2n) is 8.02. The van der Waals surface area contributed by atoms with Crippen LogP contribution in [0.4, 0.5) is 5.69 Å². The Morgan fingerprint density at radius 2 is 1.74 bits per heavy atom. The molecule has 0 aliphatic carbocycles. The van der Waals surface area contributed by atoms with Gasteiger partial charge in [0.05, 0.1) is 17.7 Å². The first-order valence-electron chi connectivity index (χ1n) is 10.9. The van der Waals surface area contributed by atoms with Crippen LogP contribution in [0.2, 0.25) is 0 Å². The number of aromatic nitrogens is 2. The summed E-state index contributed by atoms with van der Waals surface area (Å²) in [4.78, 5) is 17.0. The van der Waals surface area contributed by atoms with Gasteiger partial charge in [-0.05, 0) is 67.9 Å². The molecule has 0 aliphatic heterocycles. The first-order valence-corrected chi connectivity index (χ1v) is 10.9. The third-order valence-electron chi connectivity index (χ3n) is 5.56. The Bertz CT molecular complexity index is 1380. The molecule has 0 saturated carbocycles. The molecule has 1 N–H and O–H groups in total. The lowest BCUT2D eigenvalue weighted by Crippen LogP contribution is -2.14. The number of oxazole rings is 1. The number of aryl methyl sites for hydroxylation is 2. The van der Waals surface area contributed by atoms with Gasteiger partial charge in [-0.15, -0.1) is 0 Å². The van der Waals surface area contributed by atoms with Crippen molar-refractivity contribution in [3.05, 3.63) is 95.4 Å². The first-order chi connectivity index (χ1) is 16.5. The van der Waals surface area contributed by atoms with Crippen LogP contribution in [0.25, 0.3) is 22.6 Å². The minimum Gasteiger partial charge on any atom is -0.489 e. The second kappa shape index (κ2) is 9.23. The molecule has 34 heavy (non-hydrogen) atoms. The van der Waals surface area contributed by atoms with E-state index in [1.807, 2.05) is 86.6 Å². The highest BCUT2D eigenvalue weighted by Crippen LogP contribution is 2.25. The van der Waals surface area contributed by atoms with Gasteiger partial charge in [-0.2, -0.15) is 0 Å². The maximum atomic E-state index is 12.5. The fourth-order valence-electron chi connectivity index (χ4n) is 3.65. The molecule has 5 rings (SSSR count). The van der Waals surface area contributed by atoms with Crippen LogP contribution in [-0.4, -0.2) is 16.0 Å². The van der Waals surface area contributed by atoms with E-state index < -0.39 is 0 Å². The summed E-state index contributed by atoms with van der Waals surface area (Å²) in [5, 5.41) is 6.86. The standard InChI is InChI=1S/C27H23N3O4/c1-17-23(18(2)34-30-17)16-32-22-13-7-19(8-14-22)15-26(31)28-21-11-9-20(10-12-21)27-29-24-5-3-4-6-25(24)33-27/h3-14H,15-16H2,1-2H3,(H,28,31). The molecule has 0 radical (unpaired) electrons. The highest BCUT2D eigenvalue weighted by molar-refractivity contribution is 5.92. The van der Waals surface area contributed by atoms with Crippen molar-refractivity contribution in [3.8, 4) is 17.2 Å². The zero-order valence-corrected chi connectivity index (χ0v) is 18.9. The van der Waals surface area contributed by atoms with Crippen LogP contribution in [0.5, 0.6) is 5.75 Å². The molecule has 2 aromatic heterocycles. The van der Waals surface area contributed by atoms with Gasteiger partial charge in [0.1, 0.15) is 23.6 Å². The lowest BCUT2D eigenvalue weighted by molar-refractivity contribution is -0.115. The number of hydrogen-bond donors (Lipinski definition) is 1. The number of carbonyl (C=O) groups is 1. The summed E-state index contributed by atoms with van der Waals surface area (Å²) < 4.78 is 16.8. The average molecular weight is 453 g/mol. The Labute approximate surface area is 196 Å². The van der Waals surface area contributed by atoms with Crippen LogP contribution in [0, 0.1) is 13.8 Å². The maximum Gasteiger partial charge on any atom is 0.228 e. The molecule has 5 aromatic rings. The minimum atomic E-state index is -0.0981. The smallest absolute Gasteiger partial charge is 0.228 e. The van der Waals surface area contributed by atoms with E-state index in [1.54, 1.807) is 0 Å². The van der Waals surface area contributed by atoms with E-state index in [2.05, 4.69) is 15.5 Å². The minimum absolute atomic E-state index is 0.0981. The number of ether oxygens (including phenoxy) is 1. The molecule has 7 nitrogen and oxygen atoms in total. The van der Waals surface area contributed by atoms with Crippen LogP contribution in [0.3, 0.4) is 0 Å². The SMILES string of the molecule is Cc1noc(C)c1COc1ccc(CC(=O)Nc2ccc(-c3nc4ccccc4o3)cc2)cc1. The number of amides is 1. The highest BCUT2D eigenvalue weighted by atomic mass is 16.5. The number of nitrogens with one attached hydrogen (secondary N) is 1. The fourth-order valence-corrected chi connectivity index (χ4v) is 3.65. The Morgan fingerprint density at radius 3 is 2.44 bits per heavy atom. The molecule has 7 heteroatoms. The second-order valence-corrected chi connectivity index (χ2v) is 8.02. The monoisotopic (exact) mass is 453 g/mol. The van der Waals surface area contributed by atoms with Gasteiger partial charge in [-0.25, -0.2) is 4.98 Å². The Hall–Kier alpha value is -4.39. The van der Waals surface area contributed by atoms with E-state index in [0.29, 0.717) is 18.2 Å². The van der Waals surface area contributed by atoms with Crippen molar-refractivity contribution < 1.29 is 18.5 Å². The zero-order valence-electron chi connectivity index (χ0n) is 18.9. The molecule has 0 bridgehead atoms. The molecular weight excluding hydrogens is 430 g/mol. The Morgan fingerprint density at radius 1 is 0.971 bits per heavy atom. The maximum absolute atomic E-state index is 12.5. The predicted octanol–water partition coefficient (Wildman–Crippen LogP) is 5.86. The number of para-hydroxylation sites is 2. The molecule has 0 spiro atoms. The van der Waals surface area contributed by atoms with E-state index in [0.717, 1.165) is 45.0 Å². The third-order valence-corrected chi connectivity index (χ3v) is 5.56. The van der Waals surface area contributed by atoms with Crippen molar-refractivity contribution in [2.75, 3.05) is 5.32 Å². The number of nitrogens with zero attached hydrogens (tertiary/aromatic N) is 2. The van der Waals surface area contributed by atoms with E-state index in [-0.39, 0.29) is 12.3 Å². The van der Waals surface area contributed by atoms with Crippen molar-refractivity contribution in [3.63, 3.8) is 0 Å². The van der Waals surface area contributed by atoms with Crippen LogP contribution >= 0.6 is 0 Å². The molecule has 0 saturated heterocycles. The first kappa shape index (κ1) is 21.5. The summed E-state index contributed by atoms with van der Waals surface area (Å²) in [6.07, 6.45) is 0.261. The number of hydrogen-bond acceptors (Lipinski definition) is 6. The summed E-state index contributed by atoms with van der Waals surface area (Å²) in [6, 6.07) is 22.6. The molecule has 2 heterocycles. The van der Waals surface area contributed by atoms with Gasteiger partial charge in [0.15, 0.2) is 5.58 Å². The van der Waals surface area contributed by atoms with Crippen LogP contribution < -0.4 is 10.1 Å². The zero-order chi connectivity index (χ0) is 23.5. The summed E-state index contributed by atoms with van der Waals surface area (Å²) in [5.41, 5.74) is 5.79. The average Bonchev–Trinajstić information content (AvgIpc) is 3.42. The van der Waals surface area contributed by atoms with Gasteiger partial charge in [0, 0.05) is 11.3 Å². The van der Waals surface area contributed by atoms with Crippen molar-refractivity contribution in [2.45, 2.75) is 26.9 Å². The van der Waals surface area contributed by atoms with Crippen molar-refractivity contribution in [2.24, 2.45) is 0 Å². The van der Waals surface area contributed by atoms with Gasteiger partial charge < -0.3 is 19.0 Å². The molecule has 0 fully saturated rings. The number of carbonyl (C=O) groups excluding carboxylic acids is 1. The number of rotatable bonds is 7. The van der Waals surface area contributed by atoms with Gasteiger partial charge in [-0.3, -0.25) is 4.79 Å². The number of benzene rings is 3. The fraction of sp³-hybridized carbons (Fsp3) is 0.148. The quantitative estimate of drug-likeness (QED) is 0.332. The highest BCUT2D eigenvalue weighted by Gasteiger charge is 2.11. The van der Waals surface area contributed by atoms with Crippen LogP contribution in [0.1, 0.15) is 22.6 Å². The largest absolute Gasteiger partial charge is 0.489 e. The predicted molar refractivity (Wildman–Crippen MR) is 129 cm³/mol. The molecular formula is C27H23N3O4. The molecule has 0 atom stereocenters. The third kappa shape index (κ3) is 4.68. The van der Waals surface area contributed by atoms with Gasteiger partial charge in [0.2, 0.25) is 11.8 Å². The van der Waals surface area contributed by atoms with Crippen LogP contribution in [0.15, 0.2) is 81.7 Å². The summed E-state index contributed by atoms with van der Waals surface area (Å²) in [5.74, 6) is 1.93. The van der Waals surface area contributed by atoms with E-state index in [1.165, 1.54) is 0 Å². The van der Waals surface area contributed by atoms with Crippen molar-refractivity contribution >= 4 is 22.7 Å². The van der Waals surface area contributed by atoms with Crippen LogP contribution in [-0.2, 0) is 17.8 Å². The van der Waals surface area contributed by atoms with Gasteiger partial charge in [0.25, 0.3) is 0 Å². The van der Waals surface area contributed by atoms with Gasteiger partial charge in [-0.1, -0.05) is 29.4 Å². The Kier molecular flexibility index (Phi) is 5.82. The van der Waals surface area contributed by atoms with Gasteiger partial charge >= 0.3 is 0 Å². The lowest BCUT2D eigenvalue weighted by atomic mass is 10.1.